The molecule has 0 saturated carbocycles. The van der Waals surface area contributed by atoms with Crippen LogP contribution in [0.15, 0.2) is 30.5 Å². The van der Waals surface area contributed by atoms with Gasteiger partial charge < -0.3 is 4.52 Å². The molecule has 0 aliphatic heterocycles. The average Bonchev–Trinajstić information content (AvgIpc) is 2.38. The topological polar surface area (TPSA) is 58.6 Å². The molecule has 0 N–H and O–H groups in total. The molecule has 0 fully saturated rings. The van der Waals surface area contributed by atoms with Crippen LogP contribution in [0.3, 0.4) is 0 Å². The summed E-state index contributed by atoms with van der Waals surface area (Å²) in [7, 11) is 3.72. The second-order valence-corrected chi connectivity index (χ2v) is 7.24. The van der Waals surface area contributed by atoms with Crippen molar-refractivity contribution in [2.45, 2.75) is 0 Å². The first-order valence-corrected chi connectivity index (χ1v) is 7.33. The Kier molecular flexibility index (Phi) is 3.85. The fourth-order valence-electron chi connectivity index (χ4n) is 1.63. The van der Waals surface area contributed by atoms with Crippen LogP contribution in [0, 0.1) is 0 Å². The van der Waals surface area contributed by atoms with Crippen LogP contribution in [0.4, 0.5) is 0 Å². The van der Waals surface area contributed by atoms with Gasteiger partial charge >= 0.3 is 7.67 Å². The van der Waals surface area contributed by atoms with Gasteiger partial charge in [-0.1, -0.05) is 12.1 Å². The molecule has 0 atom stereocenters. The zero-order valence-electron chi connectivity index (χ0n) is 11.4. The van der Waals surface area contributed by atoms with Crippen molar-refractivity contribution in [3.8, 4) is 5.88 Å². The number of nitrogens with zero attached hydrogens (tertiary/aromatic N) is 4. The fraction of sp³-hybridized carbons (Fsp3) is 0.333. The summed E-state index contributed by atoms with van der Waals surface area (Å²) in [5.74, 6) is 0.254. The predicted octanol–water partition coefficient (Wildman–Crippen LogP) is 2.24. The molecule has 2 rings (SSSR count). The van der Waals surface area contributed by atoms with Crippen LogP contribution in [0.5, 0.6) is 5.88 Å². The number of fused-ring (bicyclic) bond motifs is 1. The predicted molar refractivity (Wildman–Crippen MR) is 75.1 cm³/mol. The molecular weight excluding hydrogens is 263 g/mol. The quantitative estimate of drug-likeness (QED) is 0.800. The Morgan fingerprint density at radius 3 is 2.21 bits per heavy atom. The molecule has 102 valence electrons. The van der Waals surface area contributed by atoms with Crippen LogP contribution in [-0.4, -0.2) is 47.5 Å². The van der Waals surface area contributed by atoms with Gasteiger partial charge in [-0.15, -0.1) is 0 Å². The van der Waals surface area contributed by atoms with Gasteiger partial charge in [-0.25, -0.2) is 23.9 Å². The SMILES string of the molecule is CN(C)P(=O)(Oc1cnc2ccccc2n1)N(C)C. The molecule has 2 aromatic rings. The Balaban J connectivity index is 2.37. The van der Waals surface area contributed by atoms with Gasteiger partial charge in [0.05, 0.1) is 17.2 Å². The highest BCUT2D eigenvalue weighted by Crippen LogP contribution is 2.49. The van der Waals surface area contributed by atoms with Crippen molar-refractivity contribution in [1.29, 1.82) is 0 Å². The standard InChI is InChI=1S/C12H17N4O2P/c1-15(2)19(17,16(3)4)18-12-9-13-10-7-5-6-8-11(10)14-12/h5-9H,1-4H3. The smallest absolute Gasteiger partial charge is 0.395 e. The zero-order chi connectivity index (χ0) is 14.0. The fourth-order valence-corrected chi connectivity index (χ4v) is 3.00. The van der Waals surface area contributed by atoms with Crippen LogP contribution in [0.2, 0.25) is 0 Å². The van der Waals surface area contributed by atoms with Crippen molar-refractivity contribution in [3.63, 3.8) is 0 Å². The van der Waals surface area contributed by atoms with Crippen molar-refractivity contribution >= 4 is 18.7 Å². The van der Waals surface area contributed by atoms with E-state index < -0.39 is 7.67 Å². The lowest BCUT2D eigenvalue weighted by Gasteiger charge is -2.28. The molecule has 1 aromatic carbocycles. The largest absolute Gasteiger partial charge is 0.402 e. The maximum atomic E-state index is 12.7. The lowest BCUT2D eigenvalue weighted by atomic mass is 10.3. The summed E-state index contributed by atoms with van der Waals surface area (Å²) in [6, 6.07) is 7.47. The van der Waals surface area contributed by atoms with Crippen LogP contribution < -0.4 is 4.52 Å². The Morgan fingerprint density at radius 1 is 1.05 bits per heavy atom. The highest BCUT2D eigenvalue weighted by molar-refractivity contribution is 7.54. The third kappa shape index (κ3) is 2.76. The van der Waals surface area contributed by atoms with Gasteiger partial charge in [-0.3, -0.25) is 0 Å². The van der Waals surface area contributed by atoms with Gasteiger partial charge in [-0.2, -0.15) is 0 Å². The Morgan fingerprint density at radius 2 is 1.63 bits per heavy atom. The zero-order valence-corrected chi connectivity index (χ0v) is 12.3. The molecule has 0 amide bonds. The van der Waals surface area contributed by atoms with E-state index in [-0.39, 0.29) is 5.88 Å². The minimum atomic E-state index is -3.10. The van der Waals surface area contributed by atoms with Crippen molar-refractivity contribution in [3.05, 3.63) is 30.5 Å². The number of aromatic nitrogens is 2. The second-order valence-electron chi connectivity index (χ2n) is 4.47. The maximum Gasteiger partial charge on any atom is 0.395 e. The van der Waals surface area contributed by atoms with E-state index in [1.54, 1.807) is 37.5 Å². The van der Waals surface area contributed by atoms with E-state index in [4.69, 9.17) is 4.52 Å². The molecule has 6 nitrogen and oxygen atoms in total. The molecular formula is C12H17N4O2P. The second kappa shape index (κ2) is 5.25. The molecule has 0 bridgehead atoms. The molecule has 1 aromatic heterocycles. The molecule has 0 spiro atoms. The van der Waals surface area contributed by atoms with Crippen LogP contribution >= 0.6 is 7.67 Å². The van der Waals surface area contributed by atoms with Gasteiger partial charge in [0.15, 0.2) is 0 Å². The highest BCUT2D eigenvalue weighted by Gasteiger charge is 2.31. The van der Waals surface area contributed by atoms with Crippen molar-refractivity contribution < 1.29 is 9.09 Å². The lowest BCUT2D eigenvalue weighted by Crippen LogP contribution is -2.24. The summed E-state index contributed by atoms with van der Waals surface area (Å²) in [4.78, 5) is 8.55. The van der Waals surface area contributed by atoms with E-state index in [1.807, 2.05) is 24.3 Å². The molecule has 1 heterocycles. The van der Waals surface area contributed by atoms with Crippen LogP contribution in [0.1, 0.15) is 0 Å². The highest BCUT2D eigenvalue weighted by atomic mass is 31.2. The molecule has 0 unspecified atom stereocenters. The summed E-state index contributed by atoms with van der Waals surface area (Å²) in [6.45, 7) is 0. The van der Waals surface area contributed by atoms with Crippen molar-refractivity contribution in [1.82, 2.24) is 19.3 Å². The Labute approximate surface area is 112 Å². The molecule has 0 saturated heterocycles. The number of benzene rings is 1. The van der Waals surface area contributed by atoms with E-state index in [1.165, 1.54) is 6.20 Å². The average molecular weight is 280 g/mol. The number of hydrogen-bond donors (Lipinski definition) is 0. The summed E-state index contributed by atoms with van der Waals surface area (Å²) in [6.07, 6.45) is 1.49. The van der Waals surface area contributed by atoms with Gasteiger partial charge in [0, 0.05) is 0 Å². The summed E-state index contributed by atoms with van der Waals surface area (Å²) in [5, 5.41) is 0. The van der Waals surface area contributed by atoms with E-state index in [0.717, 1.165) is 5.52 Å². The summed E-state index contributed by atoms with van der Waals surface area (Å²) >= 11 is 0. The van der Waals surface area contributed by atoms with E-state index in [2.05, 4.69) is 9.97 Å². The summed E-state index contributed by atoms with van der Waals surface area (Å²) in [5.41, 5.74) is 1.49. The van der Waals surface area contributed by atoms with E-state index in [9.17, 15) is 4.57 Å². The maximum absolute atomic E-state index is 12.7. The van der Waals surface area contributed by atoms with Crippen LogP contribution in [0.25, 0.3) is 11.0 Å². The molecule has 0 aliphatic carbocycles. The van der Waals surface area contributed by atoms with Gasteiger partial charge in [-0.05, 0) is 40.3 Å². The molecule has 0 aliphatic rings. The summed E-state index contributed by atoms with van der Waals surface area (Å²) < 4.78 is 21.3. The monoisotopic (exact) mass is 280 g/mol. The first-order chi connectivity index (χ1) is 8.93. The Bertz CT molecular complexity index is 618. The van der Waals surface area contributed by atoms with E-state index in [0.29, 0.717) is 5.52 Å². The minimum Gasteiger partial charge on any atom is -0.402 e. The van der Waals surface area contributed by atoms with Gasteiger partial charge in [0.25, 0.3) is 0 Å². The normalized spacial score (nSPS) is 12.3. The first kappa shape index (κ1) is 13.9. The molecule has 0 radical (unpaired) electrons. The Hall–Kier alpha value is -1.49. The van der Waals surface area contributed by atoms with E-state index >= 15 is 0 Å². The third-order valence-electron chi connectivity index (χ3n) is 2.65. The molecule has 19 heavy (non-hydrogen) atoms. The molecule has 7 heteroatoms. The van der Waals surface area contributed by atoms with Crippen LogP contribution in [-0.2, 0) is 4.57 Å². The first-order valence-electron chi connectivity index (χ1n) is 5.80. The van der Waals surface area contributed by atoms with Crippen molar-refractivity contribution in [2.24, 2.45) is 0 Å². The van der Waals surface area contributed by atoms with Crippen molar-refractivity contribution in [2.75, 3.05) is 28.2 Å². The minimum absolute atomic E-state index is 0.254. The number of rotatable bonds is 4. The number of para-hydroxylation sites is 2. The lowest BCUT2D eigenvalue weighted by molar-refractivity contribution is 0.349. The van der Waals surface area contributed by atoms with Gasteiger partial charge in [0.1, 0.15) is 0 Å². The number of hydrogen-bond acceptors (Lipinski definition) is 4. The van der Waals surface area contributed by atoms with Gasteiger partial charge in [0.2, 0.25) is 5.88 Å². The third-order valence-corrected chi connectivity index (χ3v) is 5.10.